The third-order valence-electron chi connectivity index (χ3n) is 8.64. The molecule has 1 aliphatic heterocycles. The first-order chi connectivity index (χ1) is 14.1. The highest BCUT2D eigenvalue weighted by atomic mass is 16.2. The van der Waals surface area contributed by atoms with Gasteiger partial charge in [-0.1, -0.05) is 71.1 Å². The Balaban J connectivity index is 1.48. The van der Waals surface area contributed by atoms with E-state index in [1.807, 2.05) is 4.90 Å². The molecule has 4 nitrogen and oxygen atoms in total. The van der Waals surface area contributed by atoms with Gasteiger partial charge in [-0.3, -0.25) is 15.1 Å². The zero-order valence-corrected chi connectivity index (χ0v) is 18.7. The lowest BCUT2D eigenvalue weighted by molar-refractivity contribution is -0.134. The van der Waals surface area contributed by atoms with Crippen LogP contribution in [0.1, 0.15) is 116 Å². The Hall–Kier alpha value is -1.06. The fourth-order valence-corrected chi connectivity index (χ4v) is 6.74. The lowest BCUT2D eigenvalue weighted by Gasteiger charge is -2.36. The first-order valence-corrected chi connectivity index (χ1v) is 12.8. The maximum absolute atomic E-state index is 13.9. The molecule has 3 saturated carbocycles. The molecule has 0 radical (unpaired) electrons. The molecule has 1 amide bonds. The van der Waals surface area contributed by atoms with Crippen LogP contribution in [0.2, 0.25) is 0 Å². The van der Waals surface area contributed by atoms with Crippen LogP contribution in [0.3, 0.4) is 0 Å². The van der Waals surface area contributed by atoms with E-state index in [1.54, 1.807) is 0 Å². The molecule has 0 spiro atoms. The number of carbonyl (C=O) groups is 1. The number of nitrogens with zero attached hydrogens (tertiary/aromatic N) is 1. The van der Waals surface area contributed by atoms with Gasteiger partial charge in [-0.25, -0.2) is 0 Å². The summed E-state index contributed by atoms with van der Waals surface area (Å²) in [5, 5.41) is 12.2. The van der Waals surface area contributed by atoms with Crippen LogP contribution in [0.25, 0.3) is 0 Å². The number of nitrogens with one attached hydrogen (secondary N) is 2. The van der Waals surface area contributed by atoms with E-state index in [1.165, 1.54) is 77.0 Å². The van der Waals surface area contributed by atoms with Crippen LogP contribution >= 0.6 is 0 Å². The lowest BCUT2D eigenvalue weighted by atomic mass is 9.75. The maximum atomic E-state index is 13.9. The van der Waals surface area contributed by atoms with Gasteiger partial charge in [0.1, 0.15) is 5.54 Å². The smallest absolute Gasteiger partial charge is 0.255 e. The summed E-state index contributed by atoms with van der Waals surface area (Å²) in [4.78, 5) is 15.8. The van der Waals surface area contributed by atoms with E-state index in [9.17, 15) is 4.79 Å². The number of amides is 1. The van der Waals surface area contributed by atoms with Crippen molar-refractivity contribution >= 4 is 11.9 Å². The Morgan fingerprint density at radius 1 is 0.897 bits per heavy atom. The van der Waals surface area contributed by atoms with Crippen molar-refractivity contribution in [1.29, 1.82) is 5.41 Å². The second-order valence-electron chi connectivity index (χ2n) is 10.9. The Kier molecular flexibility index (Phi) is 6.86. The van der Waals surface area contributed by atoms with Crippen LogP contribution in [-0.4, -0.2) is 28.3 Å². The van der Waals surface area contributed by atoms with Crippen molar-refractivity contribution in [2.45, 2.75) is 128 Å². The van der Waals surface area contributed by atoms with E-state index >= 15 is 0 Å². The normalized spacial score (nSPS) is 35.1. The van der Waals surface area contributed by atoms with Gasteiger partial charge in [0.05, 0.1) is 0 Å². The molecular weight excluding hydrogens is 358 g/mol. The molecule has 29 heavy (non-hydrogen) atoms. The summed E-state index contributed by atoms with van der Waals surface area (Å²) in [5.74, 6) is 2.88. The Morgan fingerprint density at radius 3 is 2.10 bits per heavy atom. The van der Waals surface area contributed by atoms with Gasteiger partial charge in [-0.2, -0.15) is 0 Å². The second kappa shape index (κ2) is 9.39. The number of hydrogen-bond donors (Lipinski definition) is 2. The summed E-state index contributed by atoms with van der Waals surface area (Å²) in [5.41, 5.74) is -0.487. The van der Waals surface area contributed by atoms with Crippen molar-refractivity contribution in [2.24, 2.45) is 17.8 Å². The summed E-state index contributed by atoms with van der Waals surface area (Å²) in [7, 11) is 0. The molecular formula is C25H43N3O. The molecule has 1 atom stereocenters. The van der Waals surface area contributed by atoms with Crippen LogP contribution in [-0.2, 0) is 4.79 Å². The predicted octanol–water partition coefficient (Wildman–Crippen LogP) is 6.00. The van der Waals surface area contributed by atoms with Crippen molar-refractivity contribution < 1.29 is 4.79 Å². The van der Waals surface area contributed by atoms with Gasteiger partial charge in [0.15, 0.2) is 5.96 Å². The summed E-state index contributed by atoms with van der Waals surface area (Å²) < 4.78 is 0. The maximum Gasteiger partial charge on any atom is 0.255 e. The van der Waals surface area contributed by atoms with Crippen molar-refractivity contribution in [3.05, 3.63) is 0 Å². The van der Waals surface area contributed by atoms with Crippen LogP contribution in [0.5, 0.6) is 0 Å². The first kappa shape index (κ1) is 21.2. The Bertz CT molecular complexity index is 571. The summed E-state index contributed by atoms with van der Waals surface area (Å²) in [6, 6.07) is 0.251. The van der Waals surface area contributed by atoms with Crippen molar-refractivity contribution in [1.82, 2.24) is 10.2 Å². The molecule has 1 heterocycles. The van der Waals surface area contributed by atoms with Crippen molar-refractivity contribution in [3.63, 3.8) is 0 Å². The largest absolute Gasteiger partial charge is 0.342 e. The molecule has 4 fully saturated rings. The quantitative estimate of drug-likeness (QED) is 0.573. The second-order valence-corrected chi connectivity index (χ2v) is 10.9. The van der Waals surface area contributed by atoms with Gasteiger partial charge in [0.25, 0.3) is 5.91 Å². The molecule has 0 aromatic carbocycles. The van der Waals surface area contributed by atoms with Gasteiger partial charge in [-0.15, -0.1) is 0 Å². The van der Waals surface area contributed by atoms with E-state index in [0.29, 0.717) is 11.9 Å². The third kappa shape index (κ3) is 4.82. The average Bonchev–Trinajstić information content (AvgIpc) is 2.98. The highest BCUT2D eigenvalue weighted by molar-refractivity contribution is 6.08. The van der Waals surface area contributed by atoms with Crippen molar-refractivity contribution in [2.75, 3.05) is 0 Å². The van der Waals surface area contributed by atoms with Crippen LogP contribution < -0.4 is 5.32 Å². The van der Waals surface area contributed by atoms with Crippen LogP contribution in [0, 0.1) is 23.2 Å². The molecule has 0 unspecified atom stereocenters. The zero-order chi connectivity index (χ0) is 20.3. The standard InChI is InChI=1S/C25H43N3O/c1-19-12-14-22(15-13-19)28-23(29)25(27-24(28)26,18-21-10-6-3-7-11-21)17-16-20-8-4-2-5-9-20/h19-22H,2-18H2,1H3,(H2,26,27)/t19?,22?,25-/m1/s1. The van der Waals surface area contributed by atoms with Gasteiger partial charge < -0.3 is 5.32 Å². The molecule has 164 valence electrons. The van der Waals surface area contributed by atoms with Gasteiger partial charge in [0.2, 0.25) is 0 Å². The highest BCUT2D eigenvalue weighted by Crippen LogP contribution is 2.40. The summed E-state index contributed by atoms with van der Waals surface area (Å²) >= 11 is 0. The summed E-state index contributed by atoms with van der Waals surface area (Å²) in [6.07, 6.45) is 20.9. The molecule has 4 rings (SSSR count). The molecule has 2 N–H and O–H groups in total. The first-order valence-electron chi connectivity index (χ1n) is 12.8. The van der Waals surface area contributed by atoms with Gasteiger partial charge in [-0.05, 0) is 62.7 Å². The van der Waals surface area contributed by atoms with Gasteiger partial charge >= 0.3 is 0 Å². The number of rotatable bonds is 6. The minimum atomic E-state index is -0.487. The van der Waals surface area contributed by atoms with E-state index in [0.717, 1.165) is 43.9 Å². The molecule has 4 heteroatoms. The van der Waals surface area contributed by atoms with E-state index in [2.05, 4.69) is 12.2 Å². The number of hydrogen-bond acceptors (Lipinski definition) is 2. The van der Waals surface area contributed by atoms with E-state index < -0.39 is 5.54 Å². The van der Waals surface area contributed by atoms with E-state index in [-0.39, 0.29) is 11.9 Å². The topological polar surface area (TPSA) is 56.2 Å². The average molecular weight is 402 g/mol. The minimum Gasteiger partial charge on any atom is -0.342 e. The summed E-state index contributed by atoms with van der Waals surface area (Å²) in [6.45, 7) is 2.32. The minimum absolute atomic E-state index is 0.251. The lowest BCUT2D eigenvalue weighted by Crippen LogP contribution is -2.50. The highest BCUT2D eigenvalue weighted by Gasteiger charge is 2.52. The van der Waals surface area contributed by atoms with Crippen molar-refractivity contribution in [3.8, 4) is 0 Å². The molecule has 3 aliphatic carbocycles. The fourth-order valence-electron chi connectivity index (χ4n) is 6.74. The monoisotopic (exact) mass is 401 g/mol. The molecule has 1 saturated heterocycles. The van der Waals surface area contributed by atoms with Crippen LogP contribution in [0.15, 0.2) is 0 Å². The molecule has 0 aromatic heterocycles. The molecule has 0 aromatic rings. The molecule has 4 aliphatic rings. The predicted molar refractivity (Wildman–Crippen MR) is 119 cm³/mol. The SMILES string of the molecule is CC1CCC(N2C(=N)N[C@](CCC3CCCCC3)(CC3CCCCC3)C2=O)CC1. The van der Waals surface area contributed by atoms with E-state index in [4.69, 9.17) is 5.41 Å². The Morgan fingerprint density at radius 2 is 1.48 bits per heavy atom. The molecule has 0 bridgehead atoms. The number of carbonyl (C=O) groups excluding carboxylic acids is 1. The zero-order valence-electron chi connectivity index (χ0n) is 18.7. The number of guanidine groups is 1. The Labute approximate surface area is 178 Å². The van der Waals surface area contributed by atoms with Gasteiger partial charge in [0, 0.05) is 6.04 Å². The third-order valence-corrected chi connectivity index (χ3v) is 8.64. The van der Waals surface area contributed by atoms with Crippen LogP contribution in [0.4, 0.5) is 0 Å². The fraction of sp³-hybridized carbons (Fsp3) is 0.920.